The Hall–Kier alpha value is -1.13. The number of anilines is 1. The molecule has 1 aromatic heterocycles. The Kier molecular flexibility index (Phi) is 5.56. The van der Waals surface area contributed by atoms with Crippen molar-refractivity contribution < 1.29 is 4.74 Å². The molecule has 0 amide bonds. The van der Waals surface area contributed by atoms with Gasteiger partial charge in [0.25, 0.3) is 0 Å². The molecule has 102 valence electrons. The average molecular weight is 251 g/mol. The Morgan fingerprint density at radius 2 is 2.00 bits per heavy atom. The molecule has 1 rings (SSSR count). The number of methoxy groups -OCH3 is 1. The van der Waals surface area contributed by atoms with Crippen molar-refractivity contribution >= 4 is 5.82 Å². The first-order chi connectivity index (χ1) is 8.42. The predicted octanol–water partition coefficient (Wildman–Crippen LogP) is 2.34. The Morgan fingerprint density at radius 1 is 1.28 bits per heavy atom. The molecule has 0 atom stereocenters. The van der Waals surface area contributed by atoms with Crippen molar-refractivity contribution in [1.82, 2.24) is 10.3 Å². The highest BCUT2D eigenvalue weighted by molar-refractivity contribution is 5.38. The molecule has 0 saturated heterocycles. The number of rotatable bonds is 6. The van der Waals surface area contributed by atoms with E-state index in [-0.39, 0.29) is 5.54 Å². The van der Waals surface area contributed by atoms with Crippen molar-refractivity contribution in [3.8, 4) is 0 Å². The van der Waals surface area contributed by atoms with Gasteiger partial charge in [-0.25, -0.2) is 4.98 Å². The van der Waals surface area contributed by atoms with Crippen LogP contribution in [0.3, 0.4) is 0 Å². The highest BCUT2D eigenvalue weighted by Crippen LogP contribution is 2.11. The summed E-state index contributed by atoms with van der Waals surface area (Å²) in [5.41, 5.74) is 2.43. The van der Waals surface area contributed by atoms with Gasteiger partial charge < -0.3 is 15.4 Å². The summed E-state index contributed by atoms with van der Waals surface area (Å²) in [4.78, 5) is 4.54. The van der Waals surface area contributed by atoms with Gasteiger partial charge in [-0.05, 0) is 39.3 Å². The molecular weight excluding hydrogens is 226 g/mol. The van der Waals surface area contributed by atoms with Crippen LogP contribution in [0, 0.1) is 6.92 Å². The zero-order valence-electron chi connectivity index (χ0n) is 12.1. The quantitative estimate of drug-likeness (QED) is 0.762. The van der Waals surface area contributed by atoms with Gasteiger partial charge in [-0.1, -0.05) is 6.07 Å². The average Bonchev–Trinajstić information content (AvgIpc) is 2.27. The fraction of sp³-hybridized carbons (Fsp3) is 0.643. The van der Waals surface area contributed by atoms with Gasteiger partial charge in [-0.3, -0.25) is 0 Å². The van der Waals surface area contributed by atoms with Gasteiger partial charge in [0, 0.05) is 31.4 Å². The van der Waals surface area contributed by atoms with E-state index >= 15 is 0 Å². The molecule has 0 fully saturated rings. The van der Waals surface area contributed by atoms with Crippen LogP contribution in [0.15, 0.2) is 12.1 Å². The molecule has 18 heavy (non-hydrogen) atoms. The summed E-state index contributed by atoms with van der Waals surface area (Å²) >= 11 is 0. The fourth-order valence-corrected chi connectivity index (χ4v) is 1.52. The van der Waals surface area contributed by atoms with Gasteiger partial charge in [0.15, 0.2) is 0 Å². The van der Waals surface area contributed by atoms with Crippen LogP contribution >= 0.6 is 0 Å². The maximum absolute atomic E-state index is 4.99. The number of ether oxygens (including phenoxy) is 1. The second-order valence-electron chi connectivity index (χ2n) is 5.46. The second-order valence-corrected chi connectivity index (χ2v) is 5.46. The molecule has 0 unspecified atom stereocenters. The van der Waals surface area contributed by atoms with E-state index in [2.05, 4.69) is 42.5 Å². The van der Waals surface area contributed by atoms with E-state index in [1.165, 1.54) is 5.56 Å². The minimum absolute atomic E-state index is 0.127. The molecule has 0 radical (unpaired) electrons. The Labute approximate surface area is 110 Å². The Morgan fingerprint density at radius 3 is 2.56 bits per heavy atom. The maximum atomic E-state index is 4.99. The summed E-state index contributed by atoms with van der Waals surface area (Å²) in [6, 6.07) is 4.14. The molecule has 0 spiro atoms. The second kappa shape index (κ2) is 6.71. The molecule has 2 N–H and O–H groups in total. The number of aromatic nitrogens is 1. The summed E-state index contributed by atoms with van der Waals surface area (Å²) in [5, 5.41) is 6.70. The smallest absolute Gasteiger partial charge is 0.126 e. The predicted molar refractivity (Wildman–Crippen MR) is 75.9 cm³/mol. The molecule has 4 nitrogen and oxygen atoms in total. The van der Waals surface area contributed by atoms with Crippen LogP contribution in [0.4, 0.5) is 5.82 Å². The Bertz CT molecular complexity index is 372. The van der Waals surface area contributed by atoms with E-state index in [1.54, 1.807) is 7.11 Å². The van der Waals surface area contributed by atoms with Crippen molar-refractivity contribution in [3.05, 3.63) is 23.4 Å². The summed E-state index contributed by atoms with van der Waals surface area (Å²) in [7, 11) is 1.70. The molecule has 4 heteroatoms. The number of aryl methyl sites for hydroxylation is 1. The van der Waals surface area contributed by atoms with E-state index in [0.717, 1.165) is 24.6 Å². The maximum Gasteiger partial charge on any atom is 0.126 e. The van der Waals surface area contributed by atoms with E-state index < -0.39 is 0 Å². The van der Waals surface area contributed by atoms with Crippen LogP contribution in [-0.4, -0.2) is 30.8 Å². The number of nitrogens with zero attached hydrogens (tertiary/aromatic N) is 1. The zero-order chi connectivity index (χ0) is 13.6. The van der Waals surface area contributed by atoms with Crippen LogP contribution < -0.4 is 10.6 Å². The van der Waals surface area contributed by atoms with Crippen LogP contribution in [0.2, 0.25) is 0 Å². The van der Waals surface area contributed by atoms with E-state index in [4.69, 9.17) is 4.74 Å². The first-order valence-electron chi connectivity index (χ1n) is 6.37. The number of hydrogen-bond donors (Lipinski definition) is 2. The monoisotopic (exact) mass is 251 g/mol. The summed E-state index contributed by atoms with van der Waals surface area (Å²) in [6.45, 7) is 10.8. The van der Waals surface area contributed by atoms with Crippen LogP contribution in [-0.2, 0) is 11.3 Å². The fourth-order valence-electron chi connectivity index (χ4n) is 1.52. The third kappa shape index (κ3) is 5.47. The topological polar surface area (TPSA) is 46.2 Å². The van der Waals surface area contributed by atoms with E-state index in [9.17, 15) is 0 Å². The molecule has 0 aliphatic rings. The highest BCUT2D eigenvalue weighted by atomic mass is 16.5. The normalized spacial score (nSPS) is 11.6. The van der Waals surface area contributed by atoms with E-state index in [1.807, 2.05) is 13.0 Å². The molecule has 0 bridgehead atoms. The first kappa shape index (κ1) is 14.9. The van der Waals surface area contributed by atoms with Crippen molar-refractivity contribution in [2.24, 2.45) is 0 Å². The minimum atomic E-state index is 0.127. The molecule has 1 aromatic rings. The standard InChI is InChI=1S/C14H25N3O/c1-11-12(10-16-14(2,3)4)6-7-13(17-11)15-8-9-18-5/h6-7,16H,8-10H2,1-5H3,(H,15,17). The molecule has 0 aliphatic carbocycles. The molecule has 0 aromatic carbocycles. The SMILES string of the molecule is COCCNc1ccc(CNC(C)(C)C)c(C)n1. The van der Waals surface area contributed by atoms with Gasteiger partial charge in [-0.2, -0.15) is 0 Å². The number of nitrogens with one attached hydrogen (secondary N) is 2. The lowest BCUT2D eigenvalue weighted by atomic mass is 10.1. The van der Waals surface area contributed by atoms with Crippen molar-refractivity contribution in [2.75, 3.05) is 25.6 Å². The van der Waals surface area contributed by atoms with Crippen LogP contribution in [0.1, 0.15) is 32.0 Å². The lowest BCUT2D eigenvalue weighted by Crippen LogP contribution is -2.35. The van der Waals surface area contributed by atoms with Gasteiger partial charge in [-0.15, -0.1) is 0 Å². The molecule has 0 aliphatic heterocycles. The van der Waals surface area contributed by atoms with E-state index in [0.29, 0.717) is 6.61 Å². The molecule has 0 saturated carbocycles. The Balaban J connectivity index is 2.56. The summed E-state index contributed by atoms with van der Waals surface area (Å²) in [6.07, 6.45) is 0. The third-order valence-corrected chi connectivity index (χ3v) is 2.62. The number of pyridine rings is 1. The van der Waals surface area contributed by atoms with Crippen LogP contribution in [0.25, 0.3) is 0 Å². The summed E-state index contributed by atoms with van der Waals surface area (Å²) < 4.78 is 4.99. The lowest BCUT2D eigenvalue weighted by Gasteiger charge is -2.21. The minimum Gasteiger partial charge on any atom is -0.383 e. The summed E-state index contributed by atoms with van der Waals surface area (Å²) in [5.74, 6) is 0.907. The molecule has 1 heterocycles. The largest absolute Gasteiger partial charge is 0.383 e. The first-order valence-corrected chi connectivity index (χ1v) is 6.37. The van der Waals surface area contributed by atoms with Gasteiger partial charge in [0.2, 0.25) is 0 Å². The third-order valence-electron chi connectivity index (χ3n) is 2.62. The zero-order valence-corrected chi connectivity index (χ0v) is 12.1. The van der Waals surface area contributed by atoms with Crippen molar-refractivity contribution in [2.45, 2.75) is 39.8 Å². The van der Waals surface area contributed by atoms with Crippen LogP contribution in [0.5, 0.6) is 0 Å². The number of hydrogen-bond acceptors (Lipinski definition) is 4. The highest BCUT2D eigenvalue weighted by Gasteiger charge is 2.09. The van der Waals surface area contributed by atoms with Crippen molar-refractivity contribution in [1.29, 1.82) is 0 Å². The van der Waals surface area contributed by atoms with Crippen molar-refractivity contribution in [3.63, 3.8) is 0 Å². The lowest BCUT2D eigenvalue weighted by molar-refractivity contribution is 0.210. The molecular formula is C14H25N3O. The van der Waals surface area contributed by atoms with Gasteiger partial charge in [0.05, 0.1) is 6.61 Å². The van der Waals surface area contributed by atoms with Gasteiger partial charge in [0.1, 0.15) is 5.82 Å². The van der Waals surface area contributed by atoms with Gasteiger partial charge >= 0.3 is 0 Å².